The zero-order valence-electron chi connectivity index (χ0n) is 21.5. The Bertz CT molecular complexity index is 1710. The number of ether oxygens (including phenoxy) is 2. The van der Waals surface area contributed by atoms with Crippen LogP contribution in [0, 0.1) is 0 Å². The van der Waals surface area contributed by atoms with Crippen LogP contribution in [0.15, 0.2) is 132 Å². The van der Waals surface area contributed by atoms with Crippen LogP contribution in [0.25, 0.3) is 20.2 Å². The molecule has 1 aromatic heterocycles. The summed E-state index contributed by atoms with van der Waals surface area (Å²) in [6.45, 7) is 1.51. The third-order valence-corrected chi connectivity index (χ3v) is 8.04. The van der Waals surface area contributed by atoms with E-state index in [2.05, 4.69) is 60.7 Å². The summed E-state index contributed by atoms with van der Waals surface area (Å²) in [6, 6.07) is 43.2. The summed E-state index contributed by atoms with van der Waals surface area (Å²) in [4.78, 5) is 12.9. The van der Waals surface area contributed by atoms with Gasteiger partial charge in [-0.15, -0.1) is 11.3 Å². The van der Waals surface area contributed by atoms with Crippen molar-refractivity contribution in [2.45, 2.75) is 6.61 Å². The highest BCUT2D eigenvalue weighted by Gasteiger charge is 2.21. The van der Waals surface area contributed by atoms with E-state index in [4.69, 9.17) is 9.47 Å². The fourth-order valence-corrected chi connectivity index (χ4v) is 6.03. The van der Waals surface area contributed by atoms with Gasteiger partial charge in [-0.3, -0.25) is 4.79 Å². The molecule has 3 nitrogen and oxygen atoms in total. The van der Waals surface area contributed by atoms with Gasteiger partial charge in [0.25, 0.3) is 0 Å². The van der Waals surface area contributed by atoms with Crippen molar-refractivity contribution in [3.8, 4) is 5.75 Å². The Balaban J connectivity index is 1.07. The summed E-state index contributed by atoms with van der Waals surface area (Å²) in [7, 11) is 0. The number of benzene rings is 5. The van der Waals surface area contributed by atoms with Gasteiger partial charge < -0.3 is 9.47 Å². The van der Waals surface area contributed by atoms with Crippen LogP contribution < -0.4 is 26.6 Å². The highest BCUT2D eigenvalue weighted by atomic mass is 32.1. The van der Waals surface area contributed by atoms with Gasteiger partial charge in [0.05, 0.1) is 13.2 Å². The first kappa shape index (κ1) is 25.1. The van der Waals surface area contributed by atoms with Crippen LogP contribution in [-0.4, -0.2) is 19.9 Å². The van der Waals surface area contributed by atoms with Crippen LogP contribution in [0.2, 0.25) is 0 Å². The van der Waals surface area contributed by atoms with Gasteiger partial charge in [0, 0.05) is 20.2 Å². The molecule has 0 aliphatic rings. The van der Waals surface area contributed by atoms with Gasteiger partial charge in [-0.2, -0.15) is 0 Å². The zero-order chi connectivity index (χ0) is 26.4. The number of hydrogen-bond donors (Lipinski definition) is 0. The molecule has 6 aromatic rings. The van der Waals surface area contributed by atoms with E-state index < -0.39 is 0 Å². The Morgan fingerprint density at radius 3 is 1.92 bits per heavy atom. The fraction of sp³-hybridized carbons (Fsp3) is 0.0882. The second kappa shape index (κ2) is 11.7. The minimum Gasteiger partial charge on any atom is -0.491 e. The molecule has 0 fully saturated rings. The molecule has 0 spiro atoms. The van der Waals surface area contributed by atoms with E-state index in [0.29, 0.717) is 19.8 Å². The van der Waals surface area contributed by atoms with Crippen molar-refractivity contribution >= 4 is 54.6 Å². The van der Waals surface area contributed by atoms with Crippen LogP contribution in [0.1, 0.15) is 5.56 Å². The first-order valence-electron chi connectivity index (χ1n) is 13.1. The van der Waals surface area contributed by atoms with Gasteiger partial charge >= 0.3 is 0 Å². The molecule has 0 bridgehead atoms. The molecule has 0 N–H and O–H groups in total. The van der Waals surface area contributed by atoms with Crippen molar-refractivity contribution in [1.29, 1.82) is 0 Å². The Morgan fingerprint density at radius 1 is 0.590 bits per heavy atom. The summed E-state index contributed by atoms with van der Waals surface area (Å²) in [6.07, 6.45) is 0. The maximum atomic E-state index is 12.9. The maximum Gasteiger partial charge on any atom is 0.241 e. The van der Waals surface area contributed by atoms with Gasteiger partial charge in [0.2, 0.25) is 6.71 Å². The third kappa shape index (κ3) is 5.65. The van der Waals surface area contributed by atoms with E-state index >= 15 is 0 Å². The van der Waals surface area contributed by atoms with Gasteiger partial charge in [-0.1, -0.05) is 107 Å². The van der Waals surface area contributed by atoms with E-state index in [-0.39, 0.29) is 12.1 Å². The summed E-state index contributed by atoms with van der Waals surface area (Å²) < 4.78 is 13.8. The standard InChI is InChI=1S/C34H27BO3S/c36-34-30-13-7-8-14-32(30)39-33-20-15-25(23-31(33)34)24-37-21-22-38-29-18-16-28(17-19-29)35(26-9-3-1-4-10-26)27-11-5-2-6-12-27/h1-20,23H,21-22,24H2. The Labute approximate surface area is 232 Å². The minimum atomic E-state index is 0.0785. The first-order chi connectivity index (χ1) is 19.3. The Morgan fingerprint density at radius 2 is 1.21 bits per heavy atom. The Hall–Kier alpha value is -4.19. The van der Waals surface area contributed by atoms with Crippen LogP contribution in [0.4, 0.5) is 0 Å². The second-order valence-electron chi connectivity index (χ2n) is 9.48. The molecular formula is C34H27BO3S. The molecule has 1 heterocycles. The molecule has 190 valence electrons. The topological polar surface area (TPSA) is 35.5 Å². The third-order valence-electron chi connectivity index (χ3n) is 6.88. The normalized spacial score (nSPS) is 11.1. The highest BCUT2D eigenvalue weighted by Crippen LogP contribution is 2.25. The van der Waals surface area contributed by atoms with Crippen LogP contribution in [-0.2, 0) is 11.3 Å². The van der Waals surface area contributed by atoms with Crippen molar-refractivity contribution in [1.82, 2.24) is 0 Å². The number of rotatable bonds is 9. The number of hydrogen-bond acceptors (Lipinski definition) is 4. The van der Waals surface area contributed by atoms with Crippen molar-refractivity contribution in [3.63, 3.8) is 0 Å². The van der Waals surface area contributed by atoms with E-state index in [1.54, 1.807) is 11.3 Å². The maximum absolute atomic E-state index is 12.9. The largest absolute Gasteiger partial charge is 0.491 e. The van der Waals surface area contributed by atoms with E-state index in [0.717, 1.165) is 31.5 Å². The van der Waals surface area contributed by atoms with Gasteiger partial charge in [0.1, 0.15) is 12.4 Å². The lowest BCUT2D eigenvalue weighted by Crippen LogP contribution is -2.51. The molecule has 5 heteroatoms. The van der Waals surface area contributed by atoms with E-state index in [1.807, 2.05) is 66.7 Å². The Kier molecular flexibility index (Phi) is 7.53. The molecule has 5 aromatic carbocycles. The predicted octanol–water partition coefficient (Wildman–Crippen LogP) is 5.53. The predicted molar refractivity (Wildman–Crippen MR) is 165 cm³/mol. The molecular weight excluding hydrogens is 499 g/mol. The highest BCUT2D eigenvalue weighted by molar-refractivity contribution is 7.24. The average molecular weight is 526 g/mol. The van der Waals surface area contributed by atoms with Crippen molar-refractivity contribution in [3.05, 3.63) is 143 Å². The molecule has 39 heavy (non-hydrogen) atoms. The van der Waals surface area contributed by atoms with Crippen molar-refractivity contribution < 1.29 is 9.47 Å². The van der Waals surface area contributed by atoms with Crippen LogP contribution >= 0.6 is 11.3 Å². The van der Waals surface area contributed by atoms with Crippen LogP contribution in [0.5, 0.6) is 5.75 Å². The quantitative estimate of drug-likeness (QED) is 0.141. The zero-order valence-corrected chi connectivity index (χ0v) is 22.3. The first-order valence-corrected chi connectivity index (χ1v) is 13.9. The van der Waals surface area contributed by atoms with E-state index in [9.17, 15) is 4.79 Å². The lowest BCUT2D eigenvalue weighted by atomic mass is 9.37. The van der Waals surface area contributed by atoms with E-state index in [1.165, 1.54) is 16.4 Å². The lowest BCUT2D eigenvalue weighted by Gasteiger charge is -2.16. The van der Waals surface area contributed by atoms with Crippen molar-refractivity contribution in [2.24, 2.45) is 0 Å². The molecule has 0 amide bonds. The molecule has 0 radical (unpaired) electrons. The van der Waals surface area contributed by atoms with Crippen LogP contribution in [0.3, 0.4) is 0 Å². The molecule has 0 unspecified atom stereocenters. The average Bonchev–Trinajstić information content (AvgIpc) is 2.99. The fourth-order valence-electron chi connectivity index (χ4n) is 4.97. The van der Waals surface area contributed by atoms with Gasteiger partial charge in [-0.25, -0.2) is 0 Å². The molecule has 0 atom stereocenters. The monoisotopic (exact) mass is 526 g/mol. The molecule has 6 rings (SSSR count). The summed E-state index contributed by atoms with van der Waals surface area (Å²) in [5.41, 5.74) is 4.81. The molecule has 0 aliphatic heterocycles. The molecule has 0 saturated carbocycles. The smallest absolute Gasteiger partial charge is 0.241 e. The van der Waals surface area contributed by atoms with Crippen molar-refractivity contribution in [2.75, 3.05) is 13.2 Å². The SMILES string of the molecule is O=c1c2ccccc2sc2ccc(COCCOc3ccc(B(c4ccccc4)c4ccccc4)cc3)cc12. The number of fused-ring (bicyclic) bond motifs is 2. The summed E-state index contributed by atoms with van der Waals surface area (Å²) in [5.74, 6) is 0.817. The van der Waals surface area contributed by atoms with Gasteiger partial charge in [-0.05, 0) is 42.0 Å². The molecule has 0 saturated heterocycles. The van der Waals surface area contributed by atoms with Gasteiger partial charge in [0.15, 0.2) is 5.43 Å². The lowest BCUT2D eigenvalue weighted by molar-refractivity contribution is 0.0890. The summed E-state index contributed by atoms with van der Waals surface area (Å²) in [5, 5.41) is 1.52. The summed E-state index contributed by atoms with van der Waals surface area (Å²) >= 11 is 1.64. The molecule has 0 aliphatic carbocycles. The minimum absolute atomic E-state index is 0.0785. The second-order valence-corrected chi connectivity index (χ2v) is 10.6.